The largest absolute Gasteiger partial charge is 0.512 e. The van der Waals surface area contributed by atoms with Gasteiger partial charge < -0.3 is 14.3 Å². The number of aromatic nitrogens is 1. The molecule has 1 N–H and O–H groups in total. The van der Waals surface area contributed by atoms with Crippen molar-refractivity contribution in [2.45, 2.75) is 88.0 Å². The van der Waals surface area contributed by atoms with Gasteiger partial charge in [0.05, 0.1) is 12.5 Å². The number of allylic oxidation sites excluding steroid dienone is 2. The van der Waals surface area contributed by atoms with Crippen LogP contribution >= 0.6 is 0 Å². The van der Waals surface area contributed by atoms with E-state index in [0.717, 1.165) is 34.9 Å². The zero-order chi connectivity index (χ0) is 27.3. The number of carbonyl (C=O) groups excluding carboxylic acids is 1. The molecule has 37 heavy (non-hydrogen) atoms. The van der Waals surface area contributed by atoms with E-state index in [4.69, 9.17) is 9.15 Å². The maximum Gasteiger partial charge on any atom is 0.217 e. The van der Waals surface area contributed by atoms with Crippen LogP contribution in [0.5, 0.6) is 11.6 Å². The standard InChI is InChI=1S/C18H18NO2.C13H24O2.Ir/c1-11(2)16-10-20-17-9-19-18(8-15(16)17)21-14-6-12(3)5-13(4)7-14;1-7-12(3,4)10(14)9-11(15)13(5,6)8-2;/h5-6,8-11H,1-4H3;9,14H,7-8H2,1-6H3;/q-1;;/b;10-9-;. The molecule has 5 nitrogen and oxygen atoms in total. The normalized spacial score (nSPS) is 12.1. The van der Waals surface area contributed by atoms with E-state index in [1.54, 1.807) is 12.5 Å². The number of aryl methyl sites for hydroxylation is 2. The molecule has 1 aromatic carbocycles. The molecule has 0 bridgehead atoms. The van der Waals surface area contributed by atoms with Gasteiger partial charge in [-0.1, -0.05) is 69.2 Å². The van der Waals surface area contributed by atoms with E-state index < -0.39 is 0 Å². The van der Waals surface area contributed by atoms with Crippen LogP contribution < -0.4 is 4.74 Å². The first-order chi connectivity index (χ1) is 16.7. The number of furan rings is 1. The summed E-state index contributed by atoms with van der Waals surface area (Å²) in [6.07, 6.45) is 6.49. The molecular weight excluding hydrogens is 643 g/mol. The summed E-state index contributed by atoms with van der Waals surface area (Å²) in [4.78, 5) is 16.1. The number of rotatable bonds is 8. The van der Waals surface area contributed by atoms with Crippen molar-refractivity contribution in [3.05, 3.63) is 65.3 Å². The summed E-state index contributed by atoms with van der Waals surface area (Å²) >= 11 is 0. The summed E-state index contributed by atoms with van der Waals surface area (Å²) in [5, 5.41) is 10.9. The van der Waals surface area contributed by atoms with Crippen molar-refractivity contribution in [2.24, 2.45) is 10.8 Å². The Kier molecular flexibility index (Phi) is 11.8. The summed E-state index contributed by atoms with van der Waals surface area (Å²) in [6, 6.07) is 9.14. The minimum absolute atomic E-state index is 0. The Morgan fingerprint density at radius 2 is 1.73 bits per heavy atom. The molecule has 0 aliphatic heterocycles. The molecule has 2 aromatic heterocycles. The maximum atomic E-state index is 11.8. The monoisotopic (exact) mass is 685 g/mol. The summed E-state index contributed by atoms with van der Waals surface area (Å²) in [6.45, 7) is 20.0. The fourth-order valence-electron chi connectivity index (χ4n) is 3.33. The predicted molar refractivity (Wildman–Crippen MR) is 147 cm³/mol. The van der Waals surface area contributed by atoms with Crippen LogP contribution in [0, 0.1) is 30.7 Å². The van der Waals surface area contributed by atoms with Gasteiger partial charge in [-0.05, 0) is 18.8 Å². The molecule has 0 amide bonds. The van der Waals surface area contributed by atoms with Gasteiger partial charge in [0.2, 0.25) is 5.88 Å². The van der Waals surface area contributed by atoms with Gasteiger partial charge in [0.25, 0.3) is 0 Å². The van der Waals surface area contributed by atoms with E-state index in [1.807, 2.05) is 67.5 Å². The Hall–Kier alpha value is -2.43. The summed E-state index contributed by atoms with van der Waals surface area (Å²) < 4.78 is 11.4. The van der Waals surface area contributed by atoms with Gasteiger partial charge in [0.15, 0.2) is 11.4 Å². The van der Waals surface area contributed by atoms with Gasteiger partial charge in [-0.2, -0.15) is 17.2 Å². The predicted octanol–water partition coefficient (Wildman–Crippen LogP) is 9.03. The van der Waals surface area contributed by atoms with Gasteiger partial charge in [0, 0.05) is 59.8 Å². The summed E-state index contributed by atoms with van der Waals surface area (Å²) in [5.74, 6) is 1.84. The maximum absolute atomic E-state index is 11.8. The molecular formula is C31H42IrNO4-. The van der Waals surface area contributed by atoms with E-state index in [2.05, 4.69) is 31.0 Å². The zero-order valence-electron chi connectivity index (χ0n) is 23.9. The number of fused-ring (bicyclic) bond motifs is 1. The van der Waals surface area contributed by atoms with Crippen molar-refractivity contribution in [3.8, 4) is 11.6 Å². The van der Waals surface area contributed by atoms with Gasteiger partial charge in [0.1, 0.15) is 5.76 Å². The third kappa shape index (κ3) is 8.83. The van der Waals surface area contributed by atoms with Gasteiger partial charge in [-0.3, -0.25) is 4.79 Å². The first kappa shape index (κ1) is 32.6. The SMILES string of the molecule is CCC(C)(C)C(=O)/C=C(\O)C(C)(C)CC.Cc1[c-]c(Oc2cc3c(C(C)C)coc3cn2)cc(C)c1.[Ir]. The molecule has 0 spiro atoms. The molecule has 0 saturated heterocycles. The van der Waals surface area contributed by atoms with Crippen LogP contribution in [0.4, 0.5) is 0 Å². The fourth-order valence-corrected chi connectivity index (χ4v) is 3.33. The molecule has 0 fully saturated rings. The number of ketones is 1. The Morgan fingerprint density at radius 3 is 2.27 bits per heavy atom. The number of hydrogen-bond donors (Lipinski definition) is 1. The molecule has 3 rings (SSSR count). The quantitative estimate of drug-likeness (QED) is 0.146. The van der Waals surface area contributed by atoms with Crippen LogP contribution in [0.25, 0.3) is 11.0 Å². The molecule has 1 radical (unpaired) electrons. The van der Waals surface area contributed by atoms with Crippen molar-refractivity contribution in [3.63, 3.8) is 0 Å². The topological polar surface area (TPSA) is 72.6 Å². The van der Waals surface area contributed by atoms with Crippen LogP contribution in [0.2, 0.25) is 0 Å². The average Bonchev–Trinajstić information content (AvgIpc) is 3.22. The number of nitrogens with zero attached hydrogens (tertiary/aromatic N) is 1. The van der Waals surface area contributed by atoms with Crippen molar-refractivity contribution in [2.75, 3.05) is 0 Å². The molecule has 0 aliphatic carbocycles. The van der Waals surface area contributed by atoms with Crippen molar-refractivity contribution < 1.29 is 39.2 Å². The second-order valence-electron chi connectivity index (χ2n) is 11.0. The van der Waals surface area contributed by atoms with E-state index in [9.17, 15) is 9.90 Å². The minimum atomic E-state index is -0.377. The molecule has 2 heterocycles. The second-order valence-corrected chi connectivity index (χ2v) is 11.0. The van der Waals surface area contributed by atoms with Crippen LogP contribution in [0.15, 0.2) is 46.9 Å². The van der Waals surface area contributed by atoms with Crippen LogP contribution in [0.1, 0.15) is 90.8 Å². The average molecular weight is 685 g/mol. The van der Waals surface area contributed by atoms with Crippen molar-refractivity contribution >= 4 is 16.8 Å². The summed E-state index contributed by atoms with van der Waals surface area (Å²) in [7, 11) is 0. The van der Waals surface area contributed by atoms with Gasteiger partial charge in [-0.15, -0.1) is 12.1 Å². The first-order valence-electron chi connectivity index (χ1n) is 12.7. The molecule has 0 saturated carbocycles. The van der Waals surface area contributed by atoms with Gasteiger partial charge in [-0.25, -0.2) is 4.98 Å². The molecule has 205 valence electrons. The van der Waals surface area contributed by atoms with Crippen LogP contribution in [-0.4, -0.2) is 15.9 Å². The minimum Gasteiger partial charge on any atom is -0.512 e. The van der Waals surface area contributed by atoms with E-state index in [1.165, 1.54) is 11.6 Å². The first-order valence-corrected chi connectivity index (χ1v) is 12.7. The van der Waals surface area contributed by atoms with E-state index in [0.29, 0.717) is 17.5 Å². The zero-order valence-corrected chi connectivity index (χ0v) is 26.3. The molecule has 3 aromatic rings. The number of pyridine rings is 1. The van der Waals surface area contributed by atoms with E-state index >= 15 is 0 Å². The smallest absolute Gasteiger partial charge is 0.217 e. The Bertz CT molecular complexity index is 1200. The van der Waals surface area contributed by atoms with E-state index in [-0.39, 0.29) is 42.5 Å². The number of carbonyl (C=O) groups is 1. The molecule has 0 unspecified atom stereocenters. The number of benzene rings is 1. The van der Waals surface area contributed by atoms with Crippen molar-refractivity contribution in [1.82, 2.24) is 4.98 Å². The molecule has 6 heteroatoms. The van der Waals surface area contributed by atoms with Crippen molar-refractivity contribution in [1.29, 1.82) is 0 Å². The summed E-state index contributed by atoms with van der Waals surface area (Å²) in [5.41, 5.74) is 3.47. The third-order valence-corrected chi connectivity index (χ3v) is 6.82. The Morgan fingerprint density at radius 1 is 1.11 bits per heavy atom. The number of aliphatic hydroxyl groups is 1. The fraction of sp³-hybridized carbons (Fsp3) is 0.484. The molecule has 0 atom stereocenters. The number of ether oxygens (including phenoxy) is 1. The second kappa shape index (κ2) is 13.4. The van der Waals surface area contributed by atoms with Gasteiger partial charge >= 0.3 is 0 Å². The Labute approximate surface area is 236 Å². The van der Waals surface area contributed by atoms with Crippen LogP contribution in [0.3, 0.4) is 0 Å². The molecule has 0 aliphatic rings. The Balaban J connectivity index is 0.000000384. The third-order valence-electron chi connectivity index (χ3n) is 6.82. The number of aliphatic hydroxyl groups excluding tert-OH is 1. The van der Waals surface area contributed by atoms with Crippen LogP contribution in [-0.2, 0) is 24.9 Å². The number of hydrogen-bond acceptors (Lipinski definition) is 5.